The van der Waals surface area contributed by atoms with Gasteiger partial charge in [-0.25, -0.2) is 8.78 Å². The number of aromatic nitrogens is 1. The number of nitrogens with zero attached hydrogens (tertiary/aromatic N) is 2. The van der Waals surface area contributed by atoms with E-state index < -0.39 is 28.4 Å². The molecule has 0 aliphatic heterocycles. The third kappa shape index (κ3) is 4.88. The molecule has 0 fully saturated rings. The first-order chi connectivity index (χ1) is 14.3. The number of oxime groups is 1. The van der Waals surface area contributed by atoms with Gasteiger partial charge in [0.25, 0.3) is 0 Å². The Kier molecular flexibility index (Phi) is 6.56. The summed E-state index contributed by atoms with van der Waals surface area (Å²) in [6.45, 7) is 0. The Balaban J connectivity index is 2.07. The van der Waals surface area contributed by atoms with E-state index in [0.29, 0.717) is 21.6 Å². The van der Waals surface area contributed by atoms with Gasteiger partial charge in [-0.05, 0) is 41.5 Å². The Morgan fingerprint density at radius 2 is 1.70 bits per heavy atom. The summed E-state index contributed by atoms with van der Waals surface area (Å²) in [6.07, 6.45) is 3.21. The molecule has 3 aromatic rings. The molecule has 0 saturated heterocycles. The fraction of sp³-hybridized carbons (Fsp3) is 0.182. The van der Waals surface area contributed by atoms with Crippen molar-refractivity contribution in [3.05, 3.63) is 99.5 Å². The van der Waals surface area contributed by atoms with Crippen LogP contribution >= 0.6 is 0 Å². The highest BCUT2D eigenvalue weighted by molar-refractivity contribution is 7.84. The summed E-state index contributed by atoms with van der Waals surface area (Å²) in [5.74, 6) is -1.98. The predicted octanol–water partition coefficient (Wildman–Crippen LogP) is 3.80. The largest absolute Gasteiger partial charge is 0.411 e. The van der Waals surface area contributed by atoms with Gasteiger partial charge < -0.3 is 9.77 Å². The van der Waals surface area contributed by atoms with E-state index in [-0.39, 0.29) is 17.7 Å². The molecule has 3 rings (SSSR count). The Morgan fingerprint density at radius 1 is 1.07 bits per heavy atom. The van der Waals surface area contributed by atoms with Gasteiger partial charge in [-0.2, -0.15) is 0 Å². The molecule has 2 unspecified atom stereocenters. The molecule has 0 bridgehead atoms. The molecule has 0 aliphatic carbocycles. The van der Waals surface area contributed by atoms with E-state index in [1.54, 1.807) is 37.6 Å². The molecule has 0 saturated carbocycles. The molecule has 1 N–H and O–H groups in total. The number of hydrogen-bond donors (Lipinski definition) is 1. The molecule has 0 spiro atoms. The van der Waals surface area contributed by atoms with E-state index in [0.717, 1.165) is 6.07 Å². The average Bonchev–Trinajstić information content (AvgIpc) is 2.70. The fourth-order valence-electron chi connectivity index (χ4n) is 3.27. The van der Waals surface area contributed by atoms with E-state index in [1.165, 1.54) is 35.0 Å². The minimum Gasteiger partial charge on any atom is -0.411 e. The Morgan fingerprint density at radius 3 is 2.23 bits per heavy atom. The lowest BCUT2D eigenvalue weighted by Crippen LogP contribution is -2.18. The highest BCUT2D eigenvalue weighted by Crippen LogP contribution is 2.31. The lowest BCUT2D eigenvalue weighted by molar-refractivity contribution is 0.317. The zero-order chi connectivity index (χ0) is 21.8. The van der Waals surface area contributed by atoms with Crippen molar-refractivity contribution in [2.24, 2.45) is 12.2 Å². The van der Waals surface area contributed by atoms with Crippen LogP contribution in [-0.2, 0) is 17.8 Å². The molecule has 0 aliphatic rings. The van der Waals surface area contributed by atoms with Gasteiger partial charge in [-0.3, -0.25) is 9.00 Å². The number of aryl methyl sites for hydroxylation is 1. The molecule has 156 valence electrons. The van der Waals surface area contributed by atoms with E-state index >= 15 is 0 Å². The van der Waals surface area contributed by atoms with Crippen molar-refractivity contribution in [3.8, 4) is 0 Å². The van der Waals surface area contributed by atoms with Crippen LogP contribution in [0.15, 0.2) is 75.6 Å². The second kappa shape index (κ2) is 9.13. The number of benzene rings is 2. The van der Waals surface area contributed by atoms with Crippen LogP contribution in [0.2, 0.25) is 0 Å². The van der Waals surface area contributed by atoms with Crippen molar-refractivity contribution in [3.63, 3.8) is 0 Å². The maximum Gasteiger partial charge on any atom is 0.250 e. The minimum absolute atomic E-state index is 0.117. The summed E-state index contributed by atoms with van der Waals surface area (Å²) >= 11 is 0. The molecule has 30 heavy (non-hydrogen) atoms. The van der Waals surface area contributed by atoms with Gasteiger partial charge >= 0.3 is 0 Å². The first kappa shape index (κ1) is 21.6. The van der Waals surface area contributed by atoms with Crippen LogP contribution in [-0.4, -0.2) is 26.0 Å². The van der Waals surface area contributed by atoms with Crippen LogP contribution in [0.1, 0.15) is 29.0 Å². The van der Waals surface area contributed by atoms with Crippen molar-refractivity contribution >= 4 is 16.5 Å². The fourth-order valence-corrected chi connectivity index (χ4v) is 3.79. The van der Waals surface area contributed by atoms with E-state index in [4.69, 9.17) is 0 Å². The molecule has 0 radical (unpaired) electrons. The highest BCUT2D eigenvalue weighted by atomic mass is 32.2. The van der Waals surface area contributed by atoms with Crippen molar-refractivity contribution in [2.45, 2.75) is 17.2 Å². The van der Waals surface area contributed by atoms with Gasteiger partial charge in [-0.1, -0.05) is 17.3 Å². The summed E-state index contributed by atoms with van der Waals surface area (Å²) in [5, 5.41) is 13.0. The van der Waals surface area contributed by atoms with Crippen LogP contribution in [0.5, 0.6) is 0 Å². The predicted molar refractivity (Wildman–Crippen MR) is 112 cm³/mol. The monoisotopic (exact) mass is 430 g/mol. The maximum absolute atomic E-state index is 13.9. The van der Waals surface area contributed by atoms with Crippen LogP contribution < -0.4 is 5.56 Å². The van der Waals surface area contributed by atoms with Crippen molar-refractivity contribution in [2.75, 3.05) is 6.26 Å². The Bertz CT molecular complexity index is 1150. The van der Waals surface area contributed by atoms with Crippen LogP contribution in [0.3, 0.4) is 0 Å². The summed E-state index contributed by atoms with van der Waals surface area (Å²) in [4.78, 5) is 12.3. The minimum atomic E-state index is -1.17. The Hall–Kier alpha value is -3.13. The number of pyridine rings is 1. The van der Waals surface area contributed by atoms with Crippen molar-refractivity contribution in [1.29, 1.82) is 0 Å². The molecule has 1 aromatic heterocycles. The van der Waals surface area contributed by atoms with Crippen molar-refractivity contribution < 1.29 is 18.2 Å². The summed E-state index contributed by atoms with van der Waals surface area (Å²) in [7, 11) is 0.408. The van der Waals surface area contributed by atoms with E-state index in [2.05, 4.69) is 5.16 Å². The third-order valence-corrected chi connectivity index (χ3v) is 5.77. The first-order valence-electron chi connectivity index (χ1n) is 9.06. The zero-order valence-electron chi connectivity index (χ0n) is 16.4. The topological polar surface area (TPSA) is 71.7 Å². The van der Waals surface area contributed by atoms with Gasteiger partial charge in [0, 0.05) is 65.2 Å². The van der Waals surface area contributed by atoms with E-state index in [1.807, 2.05) is 0 Å². The summed E-state index contributed by atoms with van der Waals surface area (Å²) in [6, 6.07) is 13.0. The zero-order valence-corrected chi connectivity index (χ0v) is 17.2. The van der Waals surface area contributed by atoms with Gasteiger partial charge in [0.05, 0.1) is 5.71 Å². The molecule has 8 heteroatoms. The standard InChI is InChI=1S/C22H20F2N2O3S/c1-26-13-15(5-8-22(26)27)21(25-28)12-20(16-9-17(23)11-18(24)10-16)14-3-6-19(7-4-14)30(2)29/h3-11,13,20,28H,12H2,1-2H3/b25-21+. The smallest absolute Gasteiger partial charge is 0.250 e. The normalized spacial score (nSPS) is 13.8. The third-order valence-electron chi connectivity index (χ3n) is 4.84. The molecule has 0 amide bonds. The Labute approximate surface area is 174 Å². The molecule has 5 nitrogen and oxygen atoms in total. The molecule has 2 aromatic carbocycles. The molecule has 1 heterocycles. The lowest BCUT2D eigenvalue weighted by atomic mass is 9.85. The lowest BCUT2D eigenvalue weighted by Gasteiger charge is -2.20. The maximum atomic E-state index is 13.9. The molecular weight excluding hydrogens is 410 g/mol. The second-order valence-corrected chi connectivity index (χ2v) is 8.28. The van der Waals surface area contributed by atoms with E-state index in [9.17, 15) is 23.0 Å². The molecular formula is C22H20F2N2O3S. The number of halogens is 2. The summed E-state index contributed by atoms with van der Waals surface area (Å²) < 4.78 is 40.9. The van der Waals surface area contributed by atoms with Gasteiger partial charge in [0.2, 0.25) is 5.56 Å². The van der Waals surface area contributed by atoms with Gasteiger partial charge in [0.1, 0.15) is 11.6 Å². The van der Waals surface area contributed by atoms with Crippen LogP contribution in [0.25, 0.3) is 0 Å². The van der Waals surface area contributed by atoms with Crippen LogP contribution in [0, 0.1) is 11.6 Å². The quantitative estimate of drug-likeness (QED) is 0.367. The van der Waals surface area contributed by atoms with Crippen molar-refractivity contribution in [1.82, 2.24) is 4.57 Å². The first-order valence-corrected chi connectivity index (χ1v) is 10.6. The van der Waals surface area contributed by atoms with Gasteiger partial charge in [-0.15, -0.1) is 0 Å². The second-order valence-electron chi connectivity index (χ2n) is 6.90. The average molecular weight is 430 g/mol. The highest BCUT2D eigenvalue weighted by Gasteiger charge is 2.21. The molecule has 2 atom stereocenters. The SMILES string of the molecule is Cn1cc(/C(CC(c2ccc(S(C)=O)cc2)c2cc(F)cc(F)c2)=N/O)ccc1=O. The summed E-state index contributed by atoms with van der Waals surface area (Å²) in [5.41, 5.74) is 1.61. The van der Waals surface area contributed by atoms with Crippen LogP contribution in [0.4, 0.5) is 8.78 Å². The number of hydrogen-bond acceptors (Lipinski definition) is 4. The number of rotatable bonds is 6. The van der Waals surface area contributed by atoms with Gasteiger partial charge in [0.15, 0.2) is 0 Å².